The molecule has 146 valence electrons. The minimum Gasteiger partial charge on any atom is -0.402 e. The summed E-state index contributed by atoms with van der Waals surface area (Å²) in [4.78, 5) is 34.2. The van der Waals surface area contributed by atoms with Crippen LogP contribution in [0.25, 0.3) is 6.08 Å². The summed E-state index contributed by atoms with van der Waals surface area (Å²) < 4.78 is 5.33. The Morgan fingerprint density at radius 3 is 2.50 bits per heavy atom. The van der Waals surface area contributed by atoms with Gasteiger partial charge in [0.2, 0.25) is 11.8 Å². The van der Waals surface area contributed by atoms with Crippen LogP contribution in [0.2, 0.25) is 0 Å². The number of benzene rings is 1. The molecule has 0 N–H and O–H groups in total. The SMILES string of the molecule is CCN(C(C)=O)c1nc(/C=C2/N=C(c3ccc(C(C)(C)C)cc3)OC2=O)cs1. The highest BCUT2D eigenvalue weighted by molar-refractivity contribution is 7.14. The van der Waals surface area contributed by atoms with Crippen LogP contribution in [-0.2, 0) is 19.7 Å². The first-order valence-corrected chi connectivity index (χ1v) is 9.94. The van der Waals surface area contributed by atoms with Crippen LogP contribution in [0, 0.1) is 0 Å². The molecule has 2 heterocycles. The molecule has 1 aromatic carbocycles. The quantitative estimate of drug-likeness (QED) is 0.574. The Balaban J connectivity index is 1.84. The van der Waals surface area contributed by atoms with E-state index in [9.17, 15) is 9.59 Å². The van der Waals surface area contributed by atoms with Crippen LogP contribution in [0.1, 0.15) is 51.4 Å². The van der Waals surface area contributed by atoms with Gasteiger partial charge in [-0.2, -0.15) is 0 Å². The van der Waals surface area contributed by atoms with Crippen molar-refractivity contribution in [1.82, 2.24) is 4.98 Å². The highest BCUT2D eigenvalue weighted by atomic mass is 32.1. The van der Waals surface area contributed by atoms with E-state index in [1.54, 1.807) is 16.4 Å². The monoisotopic (exact) mass is 397 g/mol. The first-order chi connectivity index (χ1) is 13.2. The molecule has 6 nitrogen and oxygen atoms in total. The van der Waals surface area contributed by atoms with Crippen molar-refractivity contribution in [3.05, 3.63) is 52.2 Å². The second-order valence-corrected chi connectivity index (χ2v) is 8.32. The lowest BCUT2D eigenvalue weighted by molar-refractivity contribution is -0.130. The molecule has 0 saturated carbocycles. The largest absolute Gasteiger partial charge is 0.402 e. The van der Waals surface area contributed by atoms with E-state index in [0.29, 0.717) is 17.4 Å². The number of thiazole rings is 1. The maximum Gasteiger partial charge on any atom is 0.363 e. The Kier molecular flexibility index (Phi) is 5.47. The number of amides is 1. The summed E-state index contributed by atoms with van der Waals surface area (Å²) in [6, 6.07) is 7.84. The van der Waals surface area contributed by atoms with E-state index < -0.39 is 5.97 Å². The lowest BCUT2D eigenvalue weighted by Gasteiger charge is -2.18. The lowest BCUT2D eigenvalue weighted by Crippen LogP contribution is -2.27. The molecule has 3 rings (SSSR count). The molecule has 1 aromatic heterocycles. The molecule has 28 heavy (non-hydrogen) atoms. The van der Waals surface area contributed by atoms with Crippen molar-refractivity contribution in [2.45, 2.75) is 40.0 Å². The summed E-state index contributed by atoms with van der Waals surface area (Å²) in [5.74, 6) is -0.301. The maximum absolute atomic E-state index is 12.2. The second-order valence-electron chi connectivity index (χ2n) is 7.48. The number of nitrogens with zero attached hydrogens (tertiary/aromatic N) is 3. The Hall–Kier alpha value is -2.80. The van der Waals surface area contributed by atoms with Gasteiger partial charge < -0.3 is 4.74 Å². The molecule has 0 saturated heterocycles. The number of hydrogen-bond acceptors (Lipinski definition) is 6. The van der Waals surface area contributed by atoms with E-state index in [0.717, 1.165) is 5.56 Å². The van der Waals surface area contributed by atoms with Crippen LogP contribution in [-0.4, -0.2) is 29.3 Å². The van der Waals surface area contributed by atoms with Crippen LogP contribution in [0.5, 0.6) is 0 Å². The molecule has 1 amide bonds. The van der Waals surface area contributed by atoms with Gasteiger partial charge in [-0.25, -0.2) is 14.8 Å². The molecule has 0 aliphatic carbocycles. The van der Waals surface area contributed by atoms with Crippen LogP contribution < -0.4 is 4.90 Å². The predicted octanol–water partition coefficient (Wildman–Crippen LogP) is 4.16. The summed E-state index contributed by atoms with van der Waals surface area (Å²) >= 11 is 1.34. The van der Waals surface area contributed by atoms with E-state index in [2.05, 4.69) is 30.7 Å². The minimum absolute atomic E-state index is 0.0479. The van der Waals surface area contributed by atoms with Gasteiger partial charge in [-0.15, -0.1) is 11.3 Å². The van der Waals surface area contributed by atoms with Gasteiger partial charge in [0.1, 0.15) is 0 Å². The van der Waals surface area contributed by atoms with E-state index in [1.807, 2.05) is 31.2 Å². The van der Waals surface area contributed by atoms with Crippen LogP contribution in [0.3, 0.4) is 0 Å². The molecule has 0 radical (unpaired) electrons. The number of aliphatic imine (C=N–C) groups is 1. The topological polar surface area (TPSA) is 71.9 Å². The van der Waals surface area contributed by atoms with Gasteiger partial charge in [0.25, 0.3) is 0 Å². The molecule has 1 aliphatic rings. The molecular formula is C21H23N3O3S. The normalized spacial score (nSPS) is 15.5. The third-order valence-corrected chi connectivity index (χ3v) is 5.22. The highest BCUT2D eigenvalue weighted by Gasteiger charge is 2.25. The fourth-order valence-electron chi connectivity index (χ4n) is 2.74. The number of anilines is 1. The highest BCUT2D eigenvalue weighted by Crippen LogP contribution is 2.26. The van der Waals surface area contributed by atoms with E-state index in [-0.39, 0.29) is 22.9 Å². The van der Waals surface area contributed by atoms with Crippen LogP contribution >= 0.6 is 11.3 Å². The van der Waals surface area contributed by atoms with Crippen LogP contribution in [0.4, 0.5) is 5.13 Å². The van der Waals surface area contributed by atoms with Crippen molar-refractivity contribution in [1.29, 1.82) is 0 Å². The van der Waals surface area contributed by atoms with Gasteiger partial charge in [-0.05, 0) is 36.1 Å². The fourth-order valence-corrected chi connectivity index (χ4v) is 3.63. The van der Waals surface area contributed by atoms with E-state index in [4.69, 9.17) is 4.74 Å². The number of aromatic nitrogens is 1. The van der Waals surface area contributed by atoms with E-state index >= 15 is 0 Å². The fraction of sp³-hybridized carbons (Fsp3) is 0.333. The number of hydrogen-bond donors (Lipinski definition) is 0. The number of carbonyl (C=O) groups excluding carboxylic acids is 2. The van der Waals surface area contributed by atoms with Gasteiger partial charge in [-0.1, -0.05) is 32.9 Å². The summed E-state index contributed by atoms with van der Waals surface area (Å²) in [5, 5.41) is 2.38. The molecule has 2 aromatic rings. The minimum atomic E-state index is -0.511. The van der Waals surface area contributed by atoms with Gasteiger partial charge in [-0.3, -0.25) is 9.69 Å². The molecule has 0 unspecified atom stereocenters. The van der Waals surface area contributed by atoms with E-state index in [1.165, 1.54) is 23.8 Å². The molecular weight excluding hydrogens is 374 g/mol. The zero-order valence-corrected chi connectivity index (χ0v) is 17.5. The zero-order valence-electron chi connectivity index (χ0n) is 16.6. The maximum atomic E-state index is 12.2. The van der Waals surface area contributed by atoms with Gasteiger partial charge in [0.15, 0.2) is 10.8 Å². The molecule has 0 bridgehead atoms. The third-order valence-electron chi connectivity index (χ3n) is 4.34. The van der Waals surface area contributed by atoms with Gasteiger partial charge >= 0.3 is 5.97 Å². The predicted molar refractivity (Wildman–Crippen MR) is 112 cm³/mol. The Morgan fingerprint density at radius 1 is 1.25 bits per heavy atom. The number of cyclic esters (lactones) is 1. The standard InChI is InChI=1S/C21H23N3O3S/c1-6-24(13(2)25)20-22-16(12-28-20)11-17-19(26)27-18(23-17)14-7-9-15(10-8-14)21(3,4)5/h7-12H,6H2,1-5H3/b17-11+. The molecule has 0 spiro atoms. The van der Waals surface area contributed by atoms with Crippen LogP contribution in [0.15, 0.2) is 40.3 Å². The first-order valence-electron chi connectivity index (χ1n) is 9.06. The van der Waals surface area contributed by atoms with Crippen molar-refractivity contribution < 1.29 is 14.3 Å². The average molecular weight is 398 g/mol. The molecule has 7 heteroatoms. The summed E-state index contributed by atoms with van der Waals surface area (Å²) in [5.41, 5.74) is 2.75. The lowest BCUT2D eigenvalue weighted by atomic mass is 9.87. The second kappa shape index (κ2) is 7.67. The number of ether oxygens (including phenoxy) is 1. The van der Waals surface area contributed by atoms with Gasteiger partial charge in [0, 0.05) is 24.4 Å². The molecule has 1 aliphatic heterocycles. The first kappa shape index (κ1) is 19.9. The summed E-state index contributed by atoms with van der Waals surface area (Å²) in [6.45, 7) is 10.3. The van der Waals surface area contributed by atoms with Crippen molar-refractivity contribution in [3.8, 4) is 0 Å². The number of rotatable bonds is 4. The van der Waals surface area contributed by atoms with Crippen molar-refractivity contribution >= 4 is 40.3 Å². The van der Waals surface area contributed by atoms with Crippen molar-refractivity contribution in [3.63, 3.8) is 0 Å². The summed E-state index contributed by atoms with van der Waals surface area (Å²) in [7, 11) is 0. The Bertz CT molecular complexity index is 966. The third kappa shape index (κ3) is 4.20. The Labute approximate surface area is 168 Å². The van der Waals surface area contributed by atoms with Gasteiger partial charge in [0.05, 0.1) is 5.69 Å². The summed E-state index contributed by atoms with van der Waals surface area (Å²) in [6.07, 6.45) is 1.58. The number of carbonyl (C=O) groups is 2. The van der Waals surface area contributed by atoms with Crippen molar-refractivity contribution in [2.24, 2.45) is 4.99 Å². The zero-order chi connectivity index (χ0) is 20.5. The number of esters is 1. The Morgan fingerprint density at radius 2 is 1.93 bits per heavy atom. The average Bonchev–Trinajstić information content (AvgIpc) is 3.22. The smallest absolute Gasteiger partial charge is 0.363 e. The molecule has 0 atom stereocenters. The van der Waals surface area contributed by atoms with Crippen molar-refractivity contribution in [2.75, 3.05) is 11.4 Å². The molecule has 0 fully saturated rings.